The molecular formula is C16H21FO2. The topological polar surface area (TPSA) is 18.5 Å². The fourth-order valence-electron chi connectivity index (χ4n) is 3.73. The summed E-state index contributed by atoms with van der Waals surface area (Å²) in [4.78, 5) is 0. The fourth-order valence-corrected chi connectivity index (χ4v) is 3.73. The highest BCUT2D eigenvalue weighted by Gasteiger charge is 2.48. The van der Waals surface area contributed by atoms with Crippen molar-refractivity contribution >= 4 is 0 Å². The van der Waals surface area contributed by atoms with Crippen molar-refractivity contribution in [2.45, 2.75) is 51.3 Å². The molecule has 2 aliphatic rings. The molecule has 1 heterocycles. The average Bonchev–Trinajstić information content (AvgIpc) is 2.82. The number of aryl methyl sites for hydroxylation is 1. The highest BCUT2D eigenvalue weighted by molar-refractivity contribution is 5.55. The van der Waals surface area contributed by atoms with Gasteiger partial charge in [-0.05, 0) is 37.3 Å². The zero-order chi connectivity index (χ0) is 13.6. The number of hydrogen-bond donors (Lipinski definition) is 0. The van der Waals surface area contributed by atoms with Crippen molar-refractivity contribution < 1.29 is 13.9 Å². The normalized spacial score (nSPS) is 32.4. The monoisotopic (exact) mass is 264 g/mol. The van der Waals surface area contributed by atoms with Gasteiger partial charge in [0.05, 0.1) is 7.11 Å². The Kier molecular flexibility index (Phi) is 3.15. The van der Waals surface area contributed by atoms with E-state index in [9.17, 15) is 4.39 Å². The Bertz CT molecular complexity index is 486. The first-order valence-electron chi connectivity index (χ1n) is 7.15. The molecule has 0 saturated heterocycles. The minimum absolute atomic E-state index is 0.193. The summed E-state index contributed by atoms with van der Waals surface area (Å²) >= 11 is 0. The van der Waals surface area contributed by atoms with Gasteiger partial charge in [0.1, 0.15) is 12.3 Å². The average molecular weight is 264 g/mol. The van der Waals surface area contributed by atoms with Crippen molar-refractivity contribution in [3.63, 3.8) is 0 Å². The molecule has 0 aromatic heterocycles. The van der Waals surface area contributed by atoms with E-state index < -0.39 is 6.17 Å². The molecule has 1 fully saturated rings. The predicted molar refractivity (Wildman–Crippen MR) is 72.8 cm³/mol. The Labute approximate surface area is 113 Å². The maximum Gasteiger partial charge on any atom is 0.165 e. The van der Waals surface area contributed by atoms with Gasteiger partial charge < -0.3 is 9.47 Å². The molecule has 0 N–H and O–H groups in total. The van der Waals surface area contributed by atoms with Gasteiger partial charge in [-0.2, -0.15) is 0 Å². The molecule has 3 heteroatoms. The lowest BCUT2D eigenvalue weighted by Crippen LogP contribution is -2.38. The van der Waals surface area contributed by atoms with E-state index in [1.165, 1.54) is 11.1 Å². The lowest BCUT2D eigenvalue weighted by molar-refractivity contribution is 0.0400. The van der Waals surface area contributed by atoms with Gasteiger partial charge in [0.25, 0.3) is 0 Å². The molecule has 1 aliphatic carbocycles. The Morgan fingerprint density at radius 1 is 1.37 bits per heavy atom. The smallest absolute Gasteiger partial charge is 0.165 e. The minimum atomic E-state index is -0.857. The summed E-state index contributed by atoms with van der Waals surface area (Å²) in [5.41, 5.74) is 2.37. The highest BCUT2D eigenvalue weighted by Crippen LogP contribution is 2.54. The van der Waals surface area contributed by atoms with Crippen LogP contribution in [0.15, 0.2) is 12.1 Å². The number of benzene rings is 1. The number of rotatable bonds is 2. The summed E-state index contributed by atoms with van der Waals surface area (Å²) < 4.78 is 25.5. The molecule has 0 amide bonds. The van der Waals surface area contributed by atoms with Crippen LogP contribution < -0.4 is 9.47 Å². The van der Waals surface area contributed by atoms with Crippen LogP contribution in [0.1, 0.15) is 43.2 Å². The van der Waals surface area contributed by atoms with Gasteiger partial charge in [-0.25, -0.2) is 4.39 Å². The zero-order valence-corrected chi connectivity index (χ0v) is 11.8. The Morgan fingerprint density at radius 2 is 2.16 bits per heavy atom. The number of ether oxygens (including phenoxy) is 2. The van der Waals surface area contributed by atoms with Gasteiger partial charge in [0.2, 0.25) is 0 Å². The molecule has 0 bridgehead atoms. The molecular weight excluding hydrogens is 243 g/mol. The van der Waals surface area contributed by atoms with Crippen molar-refractivity contribution in [1.82, 2.24) is 0 Å². The second kappa shape index (κ2) is 4.69. The second-order valence-corrected chi connectivity index (χ2v) is 5.70. The molecule has 4 unspecified atom stereocenters. The molecule has 1 aromatic rings. The second-order valence-electron chi connectivity index (χ2n) is 5.70. The van der Waals surface area contributed by atoms with Crippen LogP contribution in [-0.2, 0) is 0 Å². The first kappa shape index (κ1) is 12.8. The minimum Gasteiger partial charge on any atom is -0.493 e. The lowest BCUT2D eigenvalue weighted by Gasteiger charge is -2.34. The first-order valence-corrected chi connectivity index (χ1v) is 7.15. The van der Waals surface area contributed by atoms with Crippen LogP contribution in [0.25, 0.3) is 0 Å². The maximum absolute atomic E-state index is 14.2. The van der Waals surface area contributed by atoms with E-state index in [0.29, 0.717) is 12.3 Å². The highest BCUT2D eigenvalue weighted by atomic mass is 19.1. The molecule has 0 radical (unpaired) electrons. The van der Waals surface area contributed by atoms with Crippen LogP contribution in [0.4, 0.5) is 4.39 Å². The Morgan fingerprint density at radius 3 is 2.84 bits per heavy atom. The number of alkyl halides is 1. The number of methoxy groups -OCH3 is 1. The zero-order valence-electron chi connectivity index (χ0n) is 11.8. The molecule has 2 nitrogen and oxygen atoms in total. The molecule has 3 rings (SSSR count). The Balaban J connectivity index is 2.10. The van der Waals surface area contributed by atoms with Gasteiger partial charge in [0.15, 0.2) is 11.5 Å². The SMILES string of the molecule is CCC1CCC(F)C2Oc3c(OC)ccc(C)c3C12. The van der Waals surface area contributed by atoms with Crippen molar-refractivity contribution in [1.29, 1.82) is 0 Å². The largest absolute Gasteiger partial charge is 0.493 e. The van der Waals surface area contributed by atoms with E-state index in [2.05, 4.69) is 19.9 Å². The summed E-state index contributed by atoms with van der Waals surface area (Å²) in [5.74, 6) is 2.22. The van der Waals surface area contributed by atoms with E-state index in [4.69, 9.17) is 9.47 Å². The fraction of sp³-hybridized carbons (Fsp3) is 0.625. The number of hydrogen-bond acceptors (Lipinski definition) is 2. The molecule has 1 aromatic carbocycles. The predicted octanol–water partition coefficient (Wildman–Crippen LogP) is 4.01. The third kappa shape index (κ3) is 1.82. The summed E-state index contributed by atoms with van der Waals surface area (Å²) in [6.07, 6.45) is 1.48. The summed E-state index contributed by atoms with van der Waals surface area (Å²) in [5, 5.41) is 0. The van der Waals surface area contributed by atoms with Crippen LogP contribution in [0, 0.1) is 12.8 Å². The quantitative estimate of drug-likeness (QED) is 0.803. The van der Waals surface area contributed by atoms with E-state index in [1.807, 2.05) is 6.07 Å². The maximum atomic E-state index is 14.2. The first-order chi connectivity index (χ1) is 9.17. The summed E-state index contributed by atoms with van der Waals surface area (Å²) in [7, 11) is 1.64. The van der Waals surface area contributed by atoms with Crippen LogP contribution in [-0.4, -0.2) is 19.4 Å². The van der Waals surface area contributed by atoms with Crippen molar-refractivity contribution in [2.75, 3.05) is 7.11 Å². The van der Waals surface area contributed by atoms with Crippen LogP contribution in [0.5, 0.6) is 11.5 Å². The molecule has 0 spiro atoms. The molecule has 1 saturated carbocycles. The summed E-state index contributed by atoms with van der Waals surface area (Å²) in [6, 6.07) is 3.97. The standard InChI is InChI=1S/C16H21FO2/c1-4-10-6-7-11(17)15-14(10)13-9(2)5-8-12(18-3)16(13)19-15/h5,8,10-11,14-15H,4,6-7H2,1-3H3. The van der Waals surface area contributed by atoms with E-state index in [1.54, 1.807) is 7.11 Å². The third-order valence-electron chi connectivity index (χ3n) is 4.74. The van der Waals surface area contributed by atoms with Crippen molar-refractivity contribution in [3.8, 4) is 11.5 Å². The van der Waals surface area contributed by atoms with Crippen molar-refractivity contribution in [2.24, 2.45) is 5.92 Å². The van der Waals surface area contributed by atoms with Gasteiger partial charge in [0, 0.05) is 11.5 Å². The summed E-state index contributed by atoms with van der Waals surface area (Å²) in [6.45, 7) is 4.27. The van der Waals surface area contributed by atoms with Crippen LogP contribution >= 0.6 is 0 Å². The van der Waals surface area contributed by atoms with E-state index >= 15 is 0 Å². The van der Waals surface area contributed by atoms with Crippen LogP contribution in [0.2, 0.25) is 0 Å². The molecule has 19 heavy (non-hydrogen) atoms. The Hall–Kier alpha value is -1.25. The van der Waals surface area contributed by atoms with E-state index in [0.717, 1.165) is 24.3 Å². The van der Waals surface area contributed by atoms with E-state index in [-0.39, 0.29) is 12.0 Å². The van der Waals surface area contributed by atoms with Crippen molar-refractivity contribution in [3.05, 3.63) is 23.3 Å². The molecule has 1 aliphatic heterocycles. The third-order valence-corrected chi connectivity index (χ3v) is 4.74. The van der Waals surface area contributed by atoms with Gasteiger partial charge in [-0.3, -0.25) is 0 Å². The number of fused-ring (bicyclic) bond motifs is 3. The van der Waals surface area contributed by atoms with Crippen LogP contribution in [0.3, 0.4) is 0 Å². The molecule has 4 atom stereocenters. The lowest BCUT2D eigenvalue weighted by atomic mass is 9.72. The molecule has 104 valence electrons. The van der Waals surface area contributed by atoms with Gasteiger partial charge >= 0.3 is 0 Å². The van der Waals surface area contributed by atoms with Gasteiger partial charge in [-0.1, -0.05) is 19.4 Å². The van der Waals surface area contributed by atoms with Gasteiger partial charge in [-0.15, -0.1) is 0 Å². The number of halogens is 1.